The maximum atomic E-state index is 12.8. The number of ether oxygens (including phenoxy) is 1. The monoisotopic (exact) mass is 381 g/mol. The number of amides is 3. The average molecular weight is 381 g/mol. The first-order valence-corrected chi connectivity index (χ1v) is 9.68. The first kappa shape index (κ1) is 19.7. The van der Waals surface area contributed by atoms with Crippen molar-refractivity contribution in [3.63, 3.8) is 0 Å². The summed E-state index contributed by atoms with van der Waals surface area (Å²) >= 11 is 0. The molecule has 0 aromatic heterocycles. The van der Waals surface area contributed by atoms with Gasteiger partial charge in [0.05, 0.1) is 12.5 Å². The molecule has 2 aromatic rings. The fourth-order valence-electron chi connectivity index (χ4n) is 3.56. The van der Waals surface area contributed by atoms with Crippen LogP contribution in [0.15, 0.2) is 54.6 Å². The zero-order valence-corrected chi connectivity index (χ0v) is 16.1. The molecule has 0 spiro atoms. The molecule has 28 heavy (non-hydrogen) atoms. The topological polar surface area (TPSA) is 84.7 Å². The molecule has 1 aliphatic rings. The summed E-state index contributed by atoms with van der Waals surface area (Å²) in [6, 6.07) is 15.7. The van der Waals surface area contributed by atoms with Crippen LogP contribution in [0.5, 0.6) is 11.5 Å². The number of hydrogen-bond donors (Lipinski definition) is 2. The van der Waals surface area contributed by atoms with Crippen molar-refractivity contribution in [1.82, 2.24) is 10.2 Å². The third-order valence-electron chi connectivity index (χ3n) is 4.94. The second-order valence-corrected chi connectivity index (χ2v) is 7.34. The lowest BCUT2D eigenvalue weighted by Crippen LogP contribution is -2.42. The summed E-state index contributed by atoms with van der Waals surface area (Å²) in [6.45, 7) is 3.69. The van der Waals surface area contributed by atoms with Crippen molar-refractivity contribution in [2.24, 2.45) is 11.7 Å². The maximum Gasteiger partial charge on any atom is 0.312 e. The first-order valence-electron chi connectivity index (χ1n) is 9.68. The smallest absolute Gasteiger partial charge is 0.312 e. The number of carbonyl (C=O) groups is 2. The summed E-state index contributed by atoms with van der Waals surface area (Å²) in [4.78, 5) is 26.2. The Balaban J connectivity index is 1.74. The largest absolute Gasteiger partial charge is 0.457 e. The van der Waals surface area contributed by atoms with E-state index in [1.807, 2.05) is 59.5 Å². The summed E-state index contributed by atoms with van der Waals surface area (Å²) < 4.78 is 5.87. The van der Waals surface area contributed by atoms with Gasteiger partial charge >= 0.3 is 6.03 Å². The molecule has 3 amide bonds. The number of primary amides is 1. The number of para-hydroxylation sites is 1. The molecule has 1 heterocycles. The zero-order chi connectivity index (χ0) is 19.9. The van der Waals surface area contributed by atoms with E-state index in [4.69, 9.17) is 10.5 Å². The Labute approximate surface area is 165 Å². The molecule has 2 atom stereocenters. The average Bonchev–Trinajstić information content (AvgIpc) is 2.68. The highest BCUT2D eigenvalue weighted by Gasteiger charge is 2.25. The van der Waals surface area contributed by atoms with Gasteiger partial charge in [-0.2, -0.15) is 0 Å². The van der Waals surface area contributed by atoms with Crippen LogP contribution < -0.4 is 15.8 Å². The summed E-state index contributed by atoms with van der Waals surface area (Å²) in [5.41, 5.74) is 6.15. The summed E-state index contributed by atoms with van der Waals surface area (Å²) in [7, 11) is 0. The highest BCUT2D eigenvalue weighted by Crippen LogP contribution is 2.27. The number of nitrogens with zero attached hydrogens (tertiary/aromatic N) is 1. The Morgan fingerprint density at radius 2 is 1.93 bits per heavy atom. The molecule has 1 fully saturated rings. The Morgan fingerprint density at radius 1 is 1.18 bits per heavy atom. The third-order valence-corrected chi connectivity index (χ3v) is 4.94. The van der Waals surface area contributed by atoms with E-state index in [1.165, 1.54) is 0 Å². The molecule has 0 bridgehead atoms. The third kappa shape index (κ3) is 5.49. The van der Waals surface area contributed by atoms with Crippen LogP contribution in [0.4, 0.5) is 4.79 Å². The van der Waals surface area contributed by atoms with Crippen LogP contribution in [0.2, 0.25) is 0 Å². The van der Waals surface area contributed by atoms with Crippen molar-refractivity contribution in [1.29, 1.82) is 0 Å². The maximum absolute atomic E-state index is 12.8. The number of nitrogens with one attached hydrogen (secondary N) is 1. The molecule has 1 saturated heterocycles. The van der Waals surface area contributed by atoms with Gasteiger partial charge in [-0.1, -0.05) is 37.3 Å². The Hall–Kier alpha value is -3.02. The Bertz CT molecular complexity index is 810. The van der Waals surface area contributed by atoms with Crippen molar-refractivity contribution in [3.05, 3.63) is 60.2 Å². The van der Waals surface area contributed by atoms with E-state index in [-0.39, 0.29) is 12.3 Å². The molecule has 2 aromatic carbocycles. The number of nitrogens with two attached hydrogens (primary N) is 1. The molecular weight excluding hydrogens is 354 g/mol. The van der Waals surface area contributed by atoms with Crippen molar-refractivity contribution in [2.45, 2.75) is 32.2 Å². The molecule has 2 unspecified atom stereocenters. The number of rotatable bonds is 6. The van der Waals surface area contributed by atoms with Gasteiger partial charge in [-0.05, 0) is 48.6 Å². The molecule has 6 nitrogen and oxygen atoms in total. The SMILES string of the molecule is CC1CCCN(C(=O)CC(NC(N)=O)c2cccc(Oc3ccccc3)c2)C1. The van der Waals surface area contributed by atoms with Crippen molar-refractivity contribution in [3.8, 4) is 11.5 Å². The molecule has 1 aliphatic heterocycles. The summed E-state index contributed by atoms with van der Waals surface area (Å²) in [5, 5.41) is 2.70. The van der Waals surface area contributed by atoms with Gasteiger partial charge < -0.3 is 20.7 Å². The van der Waals surface area contributed by atoms with Gasteiger partial charge in [0.25, 0.3) is 0 Å². The van der Waals surface area contributed by atoms with Crippen LogP contribution in [0.1, 0.15) is 37.8 Å². The quantitative estimate of drug-likeness (QED) is 0.797. The minimum absolute atomic E-state index is 0.0275. The molecule has 0 aliphatic carbocycles. The molecule has 0 saturated carbocycles. The minimum atomic E-state index is -0.654. The van der Waals surface area contributed by atoms with Gasteiger partial charge in [-0.25, -0.2) is 4.79 Å². The van der Waals surface area contributed by atoms with E-state index in [0.29, 0.717) is 11.7 Å². The lowest BCUT2D eigenvalue weighted by Gasteiger charge is -2.32. The van der Waals surface area contributed by atoms with Crippen LogP contribution in [-0.2, 0) is 4.79 Å². The van der Waals surface area contributed by atoms with Crippen molar-refractivity contribution < 1.29 is 14.3 Å². The van der Waals surface area contributed by atoms with Gasteiger partial charge in [0, 0.05) is 13.1 Å². The minimum Gasteiger partial charge on any atom is -0.457 e. The van der Waals surface area contributed by atoms with Crippen LogP contribution in [-0.4, -0.2) is 29.9 Å². The Kier molecular flexibility index (Phi) is 6.53. The van der Waals surface area contributed by atoms with E-state index in [1.54, 1.807) is 0 Å². The van der Waals surface area contributed by atoms with Gasteiger partial charge in [0.15, 0.2) is 0 Å². The predicted molar refractivity (Wildman–Crippen MR) is 108 cm³/mol. The van der Waals surface area contributed by atoms with E-state index in [9.17, 15) is 9.59 Å². The van der Waals surface area contributed by atoms with E-state index in [2.05, 4.69) is 12.2 Å². The lowest BCUT2D eigenvalue weighted by molar-refractivity contribution is -0.133. The fraction of sp³-hybridized carbons (Fsp3) is 0.364. The van der Waals surface area contributed by atoms with Crippen LogP contribution >= 0.6 is 0 Å². The van der Waals surface area contributed by atoms with Crippen LogP contribution in [0, 0.1) is 5.92 Å². The zero-order valence-electron chi connectivity index (χ0n) is 16.1. The molecular formula is C22H27N3O3. The van der Waals surface area contributed by atoms with Crippen LogP contribution in [0.3, 0.4) is 0 Å². The normalized spacial score (nSPS) is 17.6. The van der Waals surface area contributed by atoms with Crippen molar-refractivity contribution >= 4 is 11.9 Å². The lowest BCUT2D eigenvalue weighted by atomic mass is 9.98. The van der Waals surface area contributed by atoms with Gasteiger partial charge in [0.2, 0.25) is 5.91 Å². The molecule has 0 radical (unpaired) electrons. The van der Waals surface area contributed by atoms with Gasteiger partial charge in [0.1, 0.15) is 11.5 Å². The standard InChI is InChI=1S/C22H27N3O3/c1-16-7-6-12-25(15-16)21(26)14-20(24-22(23)27)17-8-5-11-19(13-17)28-18-9-3-2-4-10-18/h2-5,8-11,13,16,20H,6-7,12,14-15H2,1H3,(H3,23,24,27). The van der Waals surface area contributed by atoms with Gasteiger partial charge in [-0.3, -0.25) is 4.79 Å². The molecule has 3 rings (SSSR count). The first-order chi connectivity index (χ1) is 13.5. The Morgan fingerprint density at radius 3 is 2.64 bits per heavy atom. The highest BCUT2D eigenvalue weighted by atomic mass is 16.5. The highest BCUT2D eigenvalue weighted by molar-refractivity contribution is 5.79. The number of urea groups is 1. The van der Waals surface area contributed by atoms with E-state index in [0.717, 1.165) is 37.2 Å². The second-order valence-electron chi connectivity index (χ2n) is 7.34. The molecule has 148 valence electrons. The summed E-state index contributed by atoms with van der Waals surface area (Å²) in [5.74, 6) is 1.89. The summed E-state index contributed by atoms with van der Waals surface area (Å²) in [6.07, 6.45) is 2.33. The number of piperidine rings is 1. The van der Waals surface area contributed by atoms with E-state index < -0.39 is 12.1 Å². The van der Waals surface area contributed by atoms with E-state index >= 15 is 0 Å². The van der Waals surface area contributed by atoms with Crippen molar-refractivity contribution in [2.75, 3.05) is 13.1 Å². The molecule has 6 heteroatoms. The predicted octanol–water partition coefficient (Wildman–Crippen LogP) is 3.84. The van der Waals surface area contributed by atoms with Gasteiger partial charge in [-0.15, -0.1) is 0 Å². The number of carbonyl (C=O) groups excluding carboxylic acids is 2. The number of benzene rings is 2. The number of likely N-dealkylation sites (tertiary alicyclic amines) is 1. The fourth-order valence-corrected chi connectivity index (χ4v) is 3.56. The van der Waals surface area contributed by atoms with Crippen LogP contribution in [0.25, 0.3) is 0 Å². The number of hydrogen-bond acceptors (Lipinski definition) is 3. The molecule has 3 N–H and O–H groups in total. The second kappa shape index (κ2) is 9.26.